The Kier molecular flexibility index (Phi) is 3.05. The van der Waals surface area contributed by atoms with Gasteiger partial charge in [-0.15, -0.1) is 0 Å². The summed E-state index contributed by atoms with van der Waals surface area (Å²) in [5.74, 6) is 0.371. The first-order valence-corrected chi connectivity index (χ1v) is 4.07. The first-order valence-electron chi connectivity index (χ1n) is 4.07. The van der Waals surface area contributed by atoms with E-state index in [1.165, 1.54) is 0 Å². The Morgan fingerprint density at radius 3 is 2.67 bits per heavy atom. The largest absolute Gasteiger partial charge is 0.359 e. The summed E-state index contributed by atoms with van der Waals surface area (Å²) in [6.07, 6.45) is -0.315. The van der Waals surface area contributed by atoms with Crippen LogP contribution in [0.25, 0.3) is 0 Å². The molecule has 4 heteroatoms. The standard InChI is InChI=1S/C8H15NO3/c1-5(2)6-7(8(10)9-6)12-4-11-3/h5-7H,4H2,1-3H3,(H,9,10). The van der Waals surface area contributed by atoms with E-state index >= 15 is 0 Å². The minimum absolute atomic E-state index is 0.0363. The van der Waals surface area contributed by atoms with Gasteiger partial charge in [-0.25, -0.2) is 0 Å². The van der Waals surface area contributed by atoms with Crippen molar-refractivity contribution < 1.29 is 14.3 Å². The van der Waals surface area contributed by atoms with Gasteiger partial charge >= 0.3 is 0 Å². The van der Waals surface area contributed by atoms with Gasteiger partial charge in [-0.3, -0.25) is 4.79 Å². The molecular weight excluding hydrogens is 158 g/mol. The molecule has 1 aliphatic heterocycles. The molecule has 1 amide bonds. The number of carbonyl (C=O) groups excluding carboxylic acids is 1. The van der Waals surface area contributed by atoms with E-state index in [2.05, 4.69) is 5.32 Å². The number of hydrogen-bond donors (Lipinski definition) is 1. The van der Waals surface area contributed by atoms with Crippen molar-refractivity contribution in [2.45, 2.75) is 26.0 Å². The lowest BCUT2D eigenvalue weighted by atomic mass is 9.91. The predicted molar refractivity (Wildman–Crippen MR) is 43.5 cm³/mol. The van der Waals surface area contributed by atoms with Gasteiger partial charge in [-0.1, -0.05) is 13.8 Å². The molecule has 1 fully saturated rings. The van der Waals surface area contributed by atoms with Crippen molar-refractivity contribution in [3.63, 3.8) is 0 Å². The Morgan fingerprint density at radius 2 is 2.25 bits per heavy atom. The molecule has 2 unspecified atom stereocenters. The Labute approximate surface area is 72.2 Å². The second kappa shape index (κ2) is 3.87. The second-order valence-electron chi connectivity index (χ2n) is 3.27. The van der Waals surface area contributed by atoms with Gasteiger partial charge in [0.15, 0.2) is 6.10 Å². The van der Waals surface area contributed by atoms with E-state index in [0.717, 1.165) is 0 Å². The van der Waals surface area contributed by atoms with Crippen LogP contribution in [0.4, 0.5) is 0 Å². The lowest BCUT2D eigenvalue weighted by Crippen LogP contribution is -2.65. The van der Waals surface area contributed by atoms with Gasteiger partial charge < -0.3 is 14.8 Å². The van der Waals surface area contributed by atoms with Crippen molar-refractivity contribution in [1.29, 1.82) is 0 Å². The Bertz CT molecular complexity index is 170. The molecule has 4 nitrogen and oxygen atoms in total. The summed E-state index contributed by atoms with van der Waals surface area (Å²) in [4.78, 5) is 11.0. The first kappa shape index (κ1) is 9.48. The SMILES string of the molecule is COCOC1C(=O)NC1C(C)C. The third kappa shape index (κ3) is 1.76. The molecule has 0 aliphatic carbocycles. The highest BCUT2D eigenvalue weighted by atomic mass is 16.7. The average molecular weight is 173 g/mol. The number of hydrogen-bond acceptors (Lipinski definition) is 3. The molecule has 0 aromatic carbocycles. The molecule has 0 saturated carbocycles. The van der Waals surface area contributed by atoms with Crippen molar-refractivity contribution in [3.8, 4) is 0 Å². The van der Waals surface area contributed by atoms with E-state index in [-0.39, 0.29) is 24.8 Å². The van der Waals surface area contributed by atoms with Crippen LogP contribution in [0, 0.1) is 5.92 Å². The van der Waals surface area contributed by atoms with Gasteiger partial charge in [0.2, 0.25) is 0 Å². The highest BCUT2D eigenvalue weighted by molar-refractivity contribution is 5.88. The zero-order chi connectivity index (χ0) is 9.14. The molecule has 0 bridgehead atoms. The maximum Gasteiger partial charge on any atom is 0.251 e. The summed E-state index contributed by atoms with van der Waals surface area (Å²) in [5.41, 5.74) is 0. The van der Waals surface area contributed by atoms with Crippen molar-refractivity contribution in [2.24, 2.45) is 5.92 Å². The summed E-state index contributed by atoms with van der Waals surface area (Å²) < 4.78 is 9.90. The molecule has 0 radical (unpaired) electrons. The van der Waals surface area contributed by atoms with Crippen LogP contribution < -0.4 is 5.32 Å². The van der Waals surface area contributed by atoms with E-state index in [0.29, 0.717) is 5.92 Å². The van der Waals surface area contributed by atoms with Gasteiger partial charge in [0.1, 0.15) is 6.79 Å². The van der Waals surface area contributed by atoms with Crippen molar-refractivity contribution >= 4 is 5.91 Å². The molecule has 1 rings (SSSR count). The number of ether oxygens (including phenoxy) is 2. The number of methoxy groups -OCH3 is 1. The molecule has 0 spiro atoms. The second-order valence-corrected chi connectivity index (χ2v) is 3.27. The van der Waals surface area contributed by atoms with E-state index in [1.54, 1.807) is 7.11 Å². The summed E-state index contributed by atoms with van der Waals surface area (Å²) in [7, 11) is 1.54. The minimum Gasteiger partial charge on any atom is -0.359 e. The van der Waals surface area contributed by atoms with Crippen LogP contribution in [0.1, 0.15) is 13.8 Å². The van der Waals surface area contributed by atoms with E-state index in [1.807, 2.05) is 13.8 Å². The zero-order valence-electron chi connectivity index (χ0n) is 7.66. The fourth-order valence-electron chi connectivity index (χ4n) is 1.23. The highest BCUT2D eigenvalue weighted by Crippen LogP contribution is 2.18. The maximum atomic E-state index is 11.0. The third-order valence-electron chi connectivity index (χ3n) is 1.98. The molecule has 0 aromatic heterocycles. The van der Waals surface area contributed by atoms with Crippen LogP contribution in [0.5, 0.6) is 0 Å². The minimum atomic E-state index is -0.315. The lowest BCUT2D eigenvalue weighted by molar-refractivity contribution is -0.163. The monoisotopic (exact) mass is 173 g/mol. The van der Waals surface area contributed by atoms with E-state index < -0.39 is 0 Å². The fraction of sp³-hybridized carbons (Fsp3) is 0.875. The number of β-lactam (4-membered cyclic amide) rings is 1. The van der Waals surface area contributed by atoms with Crippen molar-refractivity contribution in [3.05, 3.63) is 0 Å². The van der Waals surface area contributed by atoms with Gasteiger partial charge in [0, 0.05) is 7.11 Å². The molecule has 1 N–H and O–H groups in total. The maximum absolute atomic E-state index is 11.0. The van der Waals surface area contributed by atoms with Crippen LogP contribution in [-0.2, 0) is 14.3 Å². The predicted octanol–water partition coefficient (Wildman–Crippen LogP) is 0.130. The Morgan fingerprint density at radius 1 is 1.58 bits per heavy atom. The first-order chi connectivity index (χ1) is 5.66. The molecule has 1 saturated heterocycles. The molecule has 1 heterocycles. The van der Waals surface area contributed by atoms with Gasteiger partial charge in [0.25, 0.3) is 5.91 Å². The summed E-state index contributed by atoms with van der Waals surface area (Å²) in [6, 6.07) is 0.146. The van der Waals surface area contributed by atoms with Crippen molar-refractivity contribution in [2.75, 3.05) is 13.9 Å². The summed E-state index contributed by atoms with van der Waals surface area (Å²) in [5, 5.41) is 2.78. The molecule has 70 valence electrons. The molecular formula is C8H15NO3. The Hall–Kier alpha value is -0.610. The highest BCUT2D eigenvalue weighted by Gasteiger charge is 2.41. The molecule has 2 atom stereocenters. The number of carbonyl (C=O) groups is 1. The van der Waals surface area contributed by atoms with Crippen LogP contribution in [0.2, 0.25) is 0 Å². The van der Waals surface area contributed by atoms with E-state index in [4.69, 9.17) is 9.47 Å². The number of rotatable bonds is 4. The topological polar surface area (TPSA) is 47.6 Å². The normalized spacial score (nSPS) is 28.5. The molecule has 0 aromatic rings. The number of nitrogens with one attached hydrogen (secondary N) is 1. The summed E-state index contributed by atoms with van der Waals surface area (Å²) in [6.45, 7) is 4.28. The number of amides is 1. The smallest absolute Gasteiger partial charge is 0.251 e. The van der Waals surface area contributed by atoms with Crippen LogP contribution >= 0.6 is 0 Å². The average Bonchev–Trinajstić information content (AvgIpc) is 2.00. The lowest BCUT2D eigenvalue weighted by Gasteiger charge is -2.38. The van der Waals surface area contributed by atoms with E-state index in [9.17, 15) is 4.79 Å². The van der Waals surface area contributed by atoms with Crippen LogP contribution in [-0.4, -0.2) is 32.0 Å². The van der Waals surface area contributed by atoms with Crippen molar-refractivity contribution in [1.82, 2.24) is 5.32 Å². The van der Waals surface area contributed by atoms with Gasteiger partial charge in [-0.2, -0.15) is 0 Å². The summed E-state index contributed by atoms with van der Waals surface area (Å²) >= 11 is 0. The zero-order valence-corrected chi connectivity index (χ0v) is 7.66. The van der Waals surface area contributed by atoms with Gasteiger partial charge in [-0.05, 0) is 5.92 Å². The van der Waals surface area contributed by atoms with Crippen LogP contribution in [0.3, 0.4) is 0 Å². The van der Waals surface area contributed by atoms with Crippen LogP contribution in [0.15, 0.2) is 0 Å². The fourth-order valence-corrected chi connectivity index (χ4v) is 1.23. The Balaban J connectivity index is 2.34. The molecule has 12 heavy (non-hydrogen) atoms. The molecule has 1 aliphatic rings. The van der Waals surface area contributed by atoms with Gasteiger partial charge in [0.05, 0.1) is 6.04 Å². The third-order valence-corrected chi connectivity index (χ3v) is 1.98. The quantitative estimate of drug-likeness (QED) is 0.485.